The molecule has 0 amide bonds. The van der Waals surface area contributed by atoms with Crippen LogP contribution in [-0.4, -0.2) is 88.9 Å². The number of carbonyl (C=O) groups excluding carboxylic acids is 3. The van der Waals surface area contributed by atoms with E-state index in [2.05, 4.69) is 27.7 Å². The monoisotopic (exact) mass is 694 g/mol. The molecule has 5 unspecified atom stereocenters. The maximum atomic E-state index is 12.4. The Morgan fingerprint density at radius 2 is 1.61 bits per heavy atom. The lowest BCUT2D eigenvalue weighted by atomic mass is 9.42. The molecule has 5 aliphatic rings. The van der Waals surface area contributed by atoms with E-state index in [1.165, 1.54) is 33.6 Å². The highest BCUT2D eigenvalue weighted by molar-refractivity contribution is 5.67. The molecule has 5 rings (SSSR count). The van der Waals surface area contributed by atoms with Crippen LogP contribution in [0.3, 0.4) is 0 Å². The Labute approximate surface area is 292 Å². The zero-order chi connectivity index (χ0) is 35.9. The van der Waals surface area contributed by atoms with E-state index in [4.69, 9.17) is 23.7 Å². The molecular formula is C38H62O11. The van der Waals surface area contributed by atoms with Gasteiger partial charge in [0.05, 0.1) is 31.0 Å². The third-order valence-electron chi connectivity index (χ3n) is 13.9. The second-order valence-electron chi connectivity index (χ2n) is 16.9. The lowest BCUT2D eigenvalue weighted by molar-refractivity contribution is -0.312. The fraction of sp³-hybridized carbons (Fsp3) is 0.921. The molecule has 0 spiro atoms. The van der Waals surface area contributed by atoms with Crippen LogP contribution in [-0.2, 0) is 38.1 Å². The van der Waals surface area contributed by atoms with E-state index < -0.39 is 59.8 Å². The van der Waals surface area contributed by atoms with E-state index in [1.807, 2.05) is 0 Å². The van der Waals surface area contributed by atoms with Crippen molar-refractivity contribution in [2.45, 2.75) is 162 Å². The molecule has 5 fully saturated rings. The second kappa shape index (κ2) is 15.1. The van der Waals surface area contributed by atoms with Crippen molar-refractivity contribution in [3.63, 3.8) is 0 Å². The maximum Gasteiger partial charge on any atom is 0.303 e. The molecule has 15 atom stereocenters. The van der Waals surface area contributed by atoms with Gasteiger partial charge in [-0.2, -0.15) is 0 Å². The molecule has 49 heavy (non-hydrogen) atoms. The average molecular weight is 695 g/mol. The van der Waals surface area contributed by atoms with Crippen molar-refractivity contribution < 1.29 is 53.4 Å². The third-order valence-corrected chi connectivity index (χ3v) is 13.9. The van der Waals surface area contributed by atoms with Crippen LogP contribution in [0.15, 0.2) is 0 Å². The van der Waals surface area contributed by atoms with Gasteiger partial charge in [0.25, 0.3) is 0 Å². The van der Waals surface area contributed by atoms with Crippen molar-refractivity contribution in [3.05, 3.63) is 0 Å². The summed E-state index contributed by atoms with van der Waals surface area (Å²) in [6.07, 6.45) is 3.90. The van der Waals surface area contributed by atoms with Gasteiger partial charge >= 0.3 is 17.9 Å². The zero-order valence-electron chi connectivity index (χ0n) is 30.7. The molecule has 0 aromatic heterocycles. The van der Waals surface area contributed by atoms with Gasteiger partial charge in [-0.15, -0.1) is 0 Å². The SMILES string of the molecule is CC(=O)OCC(C)CCC[C@@H](C)[C@H]1CC[C@H]2[C@@H]3CC(O)C4(O)CC(OC5OC[C@@H](OC(C)=O)[C@@H](OC(C)=O)[C@@H]5O)CC[C@]4(C)[C@H]3CC[C@]12C. The van der Waals surface area contributed by atoms with Crippen LogP contribution in [0, 0.1) is 46.3 Å². The van der Waals surface area contributed by atoms with Crippen LogP contribution in [0.4, 0.5) is 0 Å². The Bertz CT molecular complexity index is 1190. The molecule has 4 aliphatic carbocycles. The van der Waals surface area contributed by atoms with Gasteiger partial charge in [0, 0.05) is 32.6 Å². The first kappa shape index (κ1) is 38.4. The summed E-state index contributed by atoms with van der Waals surface area (Å²) in [5.74, 6) is 1.33. The van der Waals surface area contributed by atoms with E-state index in [-0.39, 0.29) is 24.4 Å². The highest BCUT2D eigenvalue weighted by atomic mass is 16.7. The van der Waals surface area contributed by atoms with E-state index in [9.17, 15) is 29.7 Å². The average Bonchev–Trinajstić information content (AvgIpc) is 3.38. The number of hydrogen-bond acceptors (Lipinski definition) is 11. The molecule has 1 aliphatic heterocycles. The van der Waals surface area contributed by atoms with Crippen LogP contribution in [0.5, 0.6) is 0 Å². The minimum absolute atomic E-state index is 0.116. The third kappa shape index (κ3) is 7.57. The number of carbonyl (C=O) groups is 3. The molecule has 11 heteroatoms. The van der Waals surface area contributed by atoms with Gasteiger partial charge in [-0.1, -0.05) is 40.5 Å². The van der Waals surface area contributed by atoms with Gasteiger partial charge in [0.15, 0.2) is 18.5 Å². The van der Waals surface area contributed by atoms with Crippen molar-refractivity contribution in [1.29, 1.82) is 0 Å². The van der Waals surface area contributed by atoms with E-state index in [0.717, 1.165) is 32.1 Å². The predicted octanol–water partition coefficient (Wildman–Crippen LogP) is 4.70. The summed E-state index contributed by atoms with van der Waals surface area (Å²) < 4.78 is 27.8. The van der Waals surface area contributed by atoms with Crippen molar-refractivity contribution in [2.75, 3.05) is 13.2 Å². The van der Waals surface area contributed by atoms with Gasteiger partial charge < -0.3 is 39.0 Å². The van der Waals surface area contributed by atoms with Crippen LogP contribution in [0.2, 0.25) is 0 Å². The Morgan fingerprint density at radius 3 is 2.29 bits per heavy atom. The summed E-state index contributed by atoms with van der Waals surface area (Å²) in [6.45, 7) is 13.5. The number of aliphatic hydroxyl groups excluding tert-OH is 2. The summed E-state index contributed by atoms with van der Waals surface area (Å²) in [6, 6.07) is 0. The Morgan fingerprint density at radius 1 is 0.898 bits per heavy atom. The standard InChI is InChI=1S/C38H62O11/c1-21(19-45-23(3)39)9-8-10-22(2)28-11-12-29-27-17-32(42)38(44)18-26(13-16-37(38,7)30(27)14-15-36(28,29)6)49-35-33(43)34(48-25(5)41)31(20-46-35)47-24(4)40/h21-22,26-35,42-44H,8-20H2,1-7H3/t21?,22-,26?,27+,28-,29+,30+,31-,32?,33+,34-,35?,36-,37-,38?/m1/s1. The molecule has 3 N–H and O–H groups in total. The van der Waals surface area contributed by atoms with Crippen LogP contribution in [0.25, 0.3) is 0 Å². The van der Waals surface area contributed by atoms with Gasteiger partial charge in [-0.05, 0) is 92.3 Å². The van der Waals surface area contributed by atoms with Crippen molar-refractivity contribution in [1.82, 2.24) is 0 Å². The number of hydrogen-bond donors (Lipinski definition) is 3. The van der Waals surface area contributed by atoms with E-state index in [1.54, 1.807) is 0 Å². The summed E-state index contributed by atoms with van der Waals surface area (Å²) in [4.78, 5) is 34.6. The second-order valence-corrected chi connectivity index (χ2v) is 16.9. The smallest absolute Gasteiger partial charge is 0.303 e. The van der Waals surface area contributed by atoms with Gasteiger partial charge in [-0.3, -0.25) is 14.4 Å². The predicted molar refractivity (Wildman–Crippen MR) is 179 cm³/mol. The van der Waals surface area contributed by atoms with Crippen LogP contribution >= 0.6 is 0 Å². The van der Waals surface area contributed by atoms with E-state index >= 15 is 0 Å². The lowest BCUT2D eigenvalue weighted by Gasteiger charge is -2.65. The number of aliphatic hydroxyl groups is 3. The van der Waals surface area contributed by atoms with Gasteiger partial charge in [0.1, 0.15) is 6.10 Å². The molecule has 1 heterocycles. The lowest BCUT2D eigenvalue weighted by Crippen LogP contribution is -2.69. The Kier molecular flexibility index (Phi) is 11.8. The summed E-state index contributed by atoms with van der Waals surface area (Å²) in [7, 11) is 0. The van der Waals surface area contributed by atoms with Crippen molar-refractivity contribution >= 4 is 17.9 Å². The van der Waals surface area contributed by atoms with Crippen molar-refractivity contribution in [2.24, 2.45) is 46.3 Å². The minimum Gasteiger partial charge on any atom is -0.466 e. The quantitative estimate of drug-likeness (QED) is 0.156. The summed E-state index contributed by atoms with van der Waals surface area (Å²) in [5.41, 5.74) is -1.62. The minimum atomic E-state index is -1.40. The van der Waals surface area contributed by atoms with Crippen LogP contribution in [0.1, 0.15) is 119 Å². The van der Waals surface area contributed by atoms with Gasteiger partial charge in [-0.25, -0.2) is 0 Å². The molecule has 280 valence electrons. The molecule has 0 aromatic rings. The highest BCUT2D eigenvalue weighted by Crippen LogP contribution is 2.69. The first-order valence-electron chi connectivity index (χ1n) is 18.8. The number of fused-ring (bicyclic) bond motifs is 5. The largest absolute Gasteiger partial charge is 0.466 e. The first-order chi connectivity index (χ1) is 23.0. The fourth-order valence-corrected chi connectivity index (χ4v) is 11.4. The Balaban J connectivity index is 1.22. The molecule has 4 saturated carbocycles. The number of rotatable bonds is 11. The maximum absolute atomic E-state index is 12.4. The highest BCUT2D eigenvalue weighted by Gasteiger charge is 2.68. The van der Waals surface area contributed by atoms with Crippen LogP contribution < -0.4 is 0 Å². The summed E-state index contributed by atoms with van der Waals surface area (Å²) in [5, 5.41) is 35.3. The van der Waals surface area contributed by atoms with Gasteiger partial charge in [0.2, 0.25) is 0 Å². The molecule has 11 nitrogen and oxygen atoms in total. The van der Waals surface area contributed by atoms with Crippen molar-refractivity contribution in [3.8, 4) is 0 Å². The Hall–Kier alpha value is -1.79. The van der Waals surface area contributed by atoms with E-state index in [0.29, 0.717) is 61.4 Å². The molecule has 1 saturated heterocycles. The molecule has 0 aromatic carbocycles. The summed E-state index contributed by atoms with van der Waals surface area (Å²) >= 11 is 0. The fourth-order valence-electron chi connectivity index (χ4n) is 11.4. The first-order valence-corrected chi connectivity index (χ1v) is 18.8. The number of esters is 3. The normalized spacial score (nSPS) is 44.4. The number of ether oxygens (including phenoxy) is 5. The molecular weight excluding hydrogens is 632 g/mol. The zero-order valence-corrected chi connectivity index (χ0v) is 30.7. The molecule has 0 radical (unpaired) electrons. The topological polar surface area (TPSA) is 158 Å². The molecule has 0 bridgehead atoms.